The van der Waals surface area contributed by atoms with E-state index in [1.807, 2.05) is 0 Å². The summed E-state index contributed by atoms with van der Waals surface area (Å²) in [4.78, 5) is 4.11. The van der Waals surface area contributed by atoms with Crippen LogP contribution in [0.25, 0.3) is 0 Å². The van der Waals surface area contributed by atoms with Crippen molar-refractivity contribution in [2.45, 2.75) is 25.8 Å². The van der Waals surface area contributed by atoms with Gasteiger partial charge in [0.05, 0.1) is 10.0 Å². The van der Waals surface area contributed by atoms with E-state index in [2.05, 4.69) is 17.2 Å². The number of hydrogen-bond donors (Lipinski definition) is 1. The Bertz CT molecular complexity index is 381. The first-order chi connectivity index (χ1) is 7.11. The quantitative estimate of drug-likeness (QED) is 0.826. The highest BCUT2D eigenvalue weighted by atomic mass is 35.5. The number of nitrogens with zero attached hydrogens (tertiary/aromatic N) is 1. The van der Waals surface area contributed by atoms with Gasteiger partial charge in [0.2, 0.25) is 0 Å². The molecule has 2 nitrogen and oxygen atoms in total. The molecule has 0 radical (unpaired) electrons. The summed E-state index contributed by atoms with van der Waals surface area (Å²) in [6.45, 7) is 2.18. The first-order valence-electron chi connectivity index (χ1n) is 4.90. The van der Waals surface area contributed by atoms with E-state index in [-0.39, 0.29) is 5.15 Å². The first-order valence-corrected chi connectivity index (χ1v) is 6.03. The summed E-state index contributed by atoms with van der Waals surface area (Å²) in [6, 6.07) is 2.10. The largest absolute Gasteiger partial charge is 0.366 e. The normalized spacial score (nSPS) is 24.0. The lowest BCUT2D eigenvalue weighted by molar-refractivity contribution is 0.773. The van der Waals surface area contributed by atoms with Gasteiger partial charge in [0.25, 0.3) is 0 Å². The maximum Gasteiger partial charge on any atom is 0.150 e. The van der Waals surface area contributed by atoms with Crippen LogP contribution >= 0.6 is 34.8 Å². The molecule has 82 valence electrons. The first kappa shape index (κ1) is 11.3. The van der Waals surface area contributed by atoms with E-state index in [4.69, 9.17) is 34.8 Å². The molecule has 1 fully saturated rings. The second-order valence-corrected chi connectivity index (χ2v) is 4.92. The van der Waals surface area contributed by atoms with Crippen LogP contribution in [0.5, 0.6) is 0 Å². The highest BCUT2D eigenvalue weighted by molar-refractivity contribution is 6.42. The molecule has 0 amide bonds. The van der Waals surface area contributed by atoms with Crippen LogP contribution in [-0.4, -0.2) is 11.0 Å². The van der Waals surface area contributed by atoms with Crippen LogP contribution in [0, 0.1) is 5.92 Å². The van der Waals surface area contributed by atoms with Gasteiger partial charge in [-0.05, 0) is 18.4 Å². The molecule has 1 aliphatic rings. The Hall–Kier alpha value is -0.180. The van der Waals surface area contributed by atoms with Crippen LogP contribution in [0.4, 0.5) is 5.82 Å². The number of nitrogens with one attached hydrogen (secondary N) is 1. The van der Waals surface area contributed by atoms with Crippen LogP contribution in [0.1, 0.15) is 19.8 Å². The highest BCUT2D eigenvalue weighted by Crippen LogP contribution is 2.38. The average molecular weight is 266 g/mol. The van der Waals surface area contributed by atoms with Gasteiger partial charge >= 0.3 is 0 Å². The molecule has 1 aromatic heterocycles. The van der Waals surface area contributed by atoms with Gasteiger partial charge in [-0.2, -0.15) is 0 Å². The monoisotopic (exact) mass is 264 g/mol. The Kier molecular flexibility index (Phi) is 3.29. The number of pyridine rings is 1. The second-order valence-electron chi connectivity index (χ2n) is 3.75. The number of hydrogen-bond acceptors (Lipinski definition) is 2. The summed E-state index contributed by atoms with van der Waals surface area (Å²) < 4.78 is 0. The standard InChI is InChI=1S/C10H11Cl3N2/c1-2-5-3-8(5)14-10-7(12)4-6(11)9(13)15-10/h4-5,8H,2-3H2,1H3,(H,14,15). The highest BCUT2D eigenvalue weighted by Gasteiger charge is 2.35. The van der Waals surface area contributed by atoms with Crippen molar-refractivity contribution in [2.24, 2.45) is 5.92 Å². The van der Waals surface area contributed by atoms with Crippen molar-refractivity contribution in [3.8, 4) is 0 Å². The van der Waals surface area contributed by atoms with E-state index in [0.717, 1.165) is 5.92 Å². The van der Waals surface area contributed by atoms with Crippen LogP contribution in [0.2, 0.25) is 15.2 Å². The van der Waals surface area contributed by atoms with E-state index in [0.29, 0.717) is 21.9 Å². The van der Waals surface area contributed by atoms with Gasteiger partial charge in [0.15, 0.2) is 0 Å². The van der Waals surface area contributed by atoms with Gasteiger partial charge < -0.3 is 5.32 Å². The van der Waals surface area contributed by atoms with Gasteiger partial charge in [-0.1, -0.05) is 48.1 Å². The van der Waals surface area contributed by atoms with Crippen LogP contribution in [0.3, 0.4) is 0 Å². The topological polar surface area (TPSA) is 24.9 Å². The fraction of sp³-hybridized carbons (Fsp3) is 0.500. The van der Waals surface area contributed by atoms with Crippen molar-refractivity contribution < 1.29 is 0 Å². The lowest BCUT2D eigenvalue weighted by Crippen LogP contribution is -2.06. The Labute approximate surface area is 104 Å². The molecule has 0 saturated heterocycles. The predicted molar refractivity (Wildman–Crippen MR) is 65.1 cm³/mol. The number of halogens is 3. The Balaban J connectivity index is 2.12. The van der Waals surface area contributed by atoms with Crippen LogP contribution < -0.4 is 5.32 Å². The molecule has 0 aliphatic heterocycles. The molecule has 1 saturated carbocycles. The molecule has 1 N–H and O–H groups in total. The molecule has 2 atom stereocenters. The molecule has 2 unspecified atom stereocenters. The molecule has 1 aromatic rings. The van der Waals surface area contributed by atoms with Crippen molar-refractivity contribution in [2.75, 3.05) is 5.32 Å². The number of rotatable bonds is 3. The third-order valence-corrected chi connectivity index (χ3v) is 3.62. The van der Waals surface area contributed by atoms with Gasteiger partial charge in [0, 0.05) is 6.04 Å². The number of aromatic nitrogens is 1. The van der Waals surface area contributed by atoms with Crippen molar-refractivity contribution in [3.05, 3.63) is 21.3 Å². The fourth-order valence-electron chi connectivity index (χ4n) is 1.60. The van der Waals surface area contributed by atoms with Crippen LogP contribution in [-0.2, 0) is 0 Å². The Morgan fingerprint density at radius 3 is 2.73 bits per heavy atom. The van der Waals surface area contributed by atoms with Crippen molar-refractivity contribution >= 4 is 40.6 Å². The molecule has 0 aromatic carbocycles. The molecule has 2 rings (SSSR count). The number of anilines is 1. The zero-order valence-electron chi connectivity index (χ0n) is 8.23. The van der Waals surface area contributed by atoms with E-state index in [1.165, 1.54) is 12.8 Å². The van der Waals surface area contributed by atoms with E-state index < -0.39 is 0 Å². The van der Waals surface area contributed by atoms with Crippen molar-refractivity contribution in [3.63, 3.8) is 0 Å². The van der Waals surface area contributed by atoms with Crippen molar-refractivity contribution in [1.29, 1.82) is 0 Å². The molecular formula is C10H11Cl3N2. The average Bonchev–Trinajstić information content (AvgIpc) is 2.93. The predicted octanol–water partition coefficient (Wildman–Crippen LogP) is 4.25. The smallest absolute Gasteiger partial charge is 0.150 e. The zero-order valence-corrected chi connectivity index (χ0v) is 10.5. The summed E-state index contributed by atoms with van der Waals surface area (Å²) >= 11 is 17.6. The van der Waals surface area contributed by atoms with E-state index in [9.17, 15) is 0 Å². The lowest BCUT2D eigenvalue weighted by atomic mass is 10.3. The van der Waals surface area contributed by atoms with Gasteiger partial charge in [-0.3, -0.25) is 0 Å². The molecule has 1 aliphatic carbocycles. The van der Waals surface area contributed by atoms with Gasteiger partial charge in [0.1, 0.15) is 11.0 Å². The maximum absolute atomic E-state index is 6.00. The van der Waals surface area contributed by atoms with Gasteiger partial charge in [-0.15, -0.1) is 0 Å². The minimum absolute atomic E-state index is 0.289. The SMILES string of the molecule is CCC1CC1Nc1nc(Cl)c(Cl)cc1Cl. The molecule has 5 heteroatoms. The molecule has 0 spiro atoms. The molecule has 1 heterocycles. The fourth-order valence-corrected chi connectivity index (χ4v) is 2.15. The third-order valence-electron chi connectivity index (χ3n) is 2.66. The van der Waals surface area contributed by atoms with E-state index in [1.54, 1.807) is 6.07 Å². The third kappa shape index (κ3) is 2.49. The van der Waals surface area contributed by atoms with Crippen molar-refractivity contribution in [1.82, 2.24) is 4.98 Å². The van der Waals surface area contributed by atoms with Crippen LogP contribution in [0.15, 0.2) is 6.07 Å². The summed E-state index contributed by atoms with van der Waals surface area (Å²) in [5, 5.41) is 4.46. The van der Waals surface area contributed by atoms with E-state index >= 15 is 0 Å². The maximum atomic E-state index is 6.00. The molecule has 0 bridgehead atoms. The molecule has 15 heavy (non-hydrogen) atoms. The van der Waals surface area contributed by atoms with Gasteiger partial charge in [-0.25, -0.2) is 4.98 Å². The summed E-state index contributed by atoms with van der Waals surface area (Å²) in [6.07, 6.45) is 2.35. The molecular weight excluding hydrogens is 254 g/mol. The Morgan fingerprint density at radius 1 is 1.40 bits per heavy atom. The summed E-state index contributed by atoms with van der Waals surface area (Å²) in [7, 11) is 0. The summed E-state index contributed by atoms with van der Waals surface area (Å²) in [5.41, 5.74) is 0. The second kappa shape index (κ2) is 4.36. The minimum Gasteiger partial charge on any atom is -0.366 e. The minimum atomic E-state index is 0.289. The Morgan fingerprint density at radius 2 is 2.13 bits per heavy atom. The lowest BCUT2D eigenvalue weighted by Gasteiger charge is -2.07. The summed E-state index contributed by atoms with van der Waals surface area (Å²) in [5.74, 6) is 1.37. The zero-order chi connectivity index (χ0) is 11.0.